The van der Waals surface area contributed by atoms with Crippen LogP contribution in [0.4, 0.5) is 5.82 Å². The van der Waals surface area contributed by atoms with Crippen molar-refractivity contribution in [3.63, 3.8) is 0 Å². The van der Waals surface area contributed by atoms with Gasteiger partial charge in [0.25, 0.3) is 0 Å². The van der Waals surface area contributed by atoms with Crippen LogP contribution < -0.4 is 11.4 Å². The minimum atomic E-state index is -1.41. The Bertz CT molecular complexity index is 723. The number of aliphatic hydroxyl groups excluding tert-OH is 1. The second-order valence-electron chi connectivity index (χ2n) is 5.33. The predicted molar refractivity (Wildman–Crippen MR) is 84.6 cm³/mol. The summed E-state index contributed by atoms with van der Waals surface area (Å²) in [6.45, 7) is 2.51. The van der Waals surface area contributed by atoms with Crippen molar-refractivity contribution >= 4 is 29.4 Å². The molecule has 1 aromatic heterocycles. The number of esters is 2. The van der Waals surface area contributed by atoms with Gasteiger partial charge in [-0.05, 0) is 0 Å². The topological polar surface area (TPSA) is 143 Å². The molecule has 1 saturated heterocycles. The third kappa shape index (κ3) is 4.27. The van der Waals surface area contributed by atoms with Gasteiger partial charge >= 0.3 is 17.6 Å². The van der Waals surface area contributed by atoms with Gasteiger partial charge in [0.1, 0.15) is 24.6 Å². The monoisotopic (exact) mass is 375 g/mol. The zero-order valence-electron chi connectivity index (χ0n) is 13.5. The molecule has 4 atom stereocenters. The molecule has 1 aliphatic heterocycles. The lowest BCUT2D eigenvalue weighted by atomic mass is 10.1. The fourth-order valence-electron chi connectivity index (χ4n) is 2.34. The fourth-order valence-corrected chi connectivity index (χ4v) is 2.49. The summed E-state index contributed by atoms with van der Waals surface area (Å²) >= 11 is 5.85. The number of carbonyl (C=O) groups excluding carboxylic acids is 2. The lowest BCUT2D eigenvalue weighted by Gasteiger charge is -2.20. The van der Waals surface area contributed by atoms with Crippen LogP contribution in [-0.4, -0.2) is 51.5 Å². The molecule has 2 heterocycles. The summed E-state index contributed by atoms with van der Waals surface area (Å²) in [5.41, 5.74) is 4.65. The fraction of sp³-hybridized carbons (Fsp3) is 0.571. The number of hydrogen-bond donors (Lipinski definition) is 2. The molecule has 0 aromatic carbocycles. The van der Waals surface area contributed by atoms with Crippen molar-refractivity contribution in [2.45, 2.75) is 44.8 Å². The first-order chi connectivity index (χ1) is 11.7. The zero-order valence-corrected chi connectivity index (χ0v) is 14.3. The van der Waals surface area contributed by atoms with E-state index >= 15 is 0 Å². The first-order valence-electron chi connectivity index (χ1n) is 7.45. The molecular weight excluding hydrogens is 358 g/mol. The number of nitrogen functional groups attached to an aromatic ring is 1. The normalized spacial score (nSPS) is 25.6. The summed E-state index contributed by atoms with van der Waals surface area (Å²) in [5, 5.41) is 10.4. The third-order valence-electron chi connectivity index (χ3n) is 3.52. The first-order valence-corrected chi connectivity index (χ1v) is 7.83. The summed E-state index contributed by atoms with van der Waals surface area (Å²) in [5.74, 6) is -1.32. The number of halogens is 1. The van der Waals surface area contributed by atoms with E-state index < -0.39 is 42.2 Å². The Hall–Kier alpha value is -2.17. The van der Waals surface area contributed by atoms with Crippen LogP contribution in [0.25, 0.3) is 0 Å². The van der Waals surface area contributed by atoms with Crippen LogP contribution in [0.2, 0.25) is 5.02 Å². The number of rotatable bonds is 5. The molecule has 0 radical (unpaired) electrons. The van der Waals surface area contributed by atoms with E-state index in [9.17, 15) is 19.5 Å². The SMILES string of the molecule is CCC(=O)OC[C@H]1O[C@@H](n2cc(Cl)c(N)nc2=O)[C@@H](O)[C@@H]1OC(C)=O. The average Bonchev–Trinajstić information content (AvgIpc) is 2.84. The van der Waals surface area contributed by atoms with E-state index in [0.29, 0.717) is 0 Å². The van der Waals surface area contributed by atoms with Crippen molar-refractivity contribution in [2.75, 3.05) is 12.3 Å². The van der Waals surface area contributed by atoms with Gasteiger partial charge < -0.3 is 25.1 Å². The maximum atomic E-state index is 12.0. The van der Waals surface area contributed by atoms with Crippen LogP contribution in [0.1, 0.15) is 26.5 Å². The average molecular weight is 376 g/mol. The highest BCUT2D eigenvalue weighted by atomic mass is 35.5. The minimum Gasteiger partial charge on any atom is -0.463 e. The number of hydrogen-bond acceptors (Lipinski definition) is 9. The quantitative estimate of drug-likeness (QED) is 0.658. The van der Waals surface area contributed by atoms with Crippen LogP contribution in [-0.2, 0) is 23.8 Å². The highest BCUT2D eigenvalue weighted by Gasteiger charge is 2.48. The van der Waals surface area contributed by atoms with E-state index in [4.69, 9.17) is 31.5 Å². The molecule has 1 aliphatic rings. The van der Waals surface area contributed by atoms with Gasteiger partial charge in [-0.25, -0.2) is 4.79 Å². The summed E-state index contributed by atoms with van der Waals surface area (Å²) in [4.78, 5) is 38.1. The van der Waals surface area contributed by atoms with E-state index in [1.54, 1.807) is 6.92 Å². The molecule has 0 amide bonds. The molecule has 3 N–H and O–H groups in total. The molecule has 0 saturated carbocycles. The number of ether oxygens (including phenoxy) is 3. The molecule has 10 nitrogen and oxygen atoms in total. The molecular formula is C14H18ClN3O7. The molecule has 0 aliphatic carbocycles. The van der Waals surface area contributed by atoms with E-state index in [-0.39, 0.29) is 23.9 Å². The Kier molecular flexibility index (Phi) is 5.98. The van der Waals surface area contributed by atoms with Gasteiger partial charge in [0.05, 0.1) is 5.02 Å². The summed E-state index contributed by atoms with van der Waals surface area (Å²) < 4.78 is 16.5. The molecule has 25 heavy (non-hydrogen) atoms. The molecule has 1 aromatic rings. The van der Waals surface area contributed by atoms with E-state index in [0.717, 1.165) is 17.7 Å². The molecule has 0 spiro atoms. The smallest absolute Gasteiger partial charge is 0.351 e. The Morgan fingerprint density at radius 2 is 2.20 bits per heavy atom. The van der Waals surface area contributed by atoms with Crippen LogP contribution >= 0.6 is 11.6 Å². The Labute approximate surface area is 147 Å². The summed E-state index contributed by atoms with van der Waals surface area (Å²) in [7, 11) is 0. The Balaban J connectivity index is 2.28. The maximum Gasteiger partial charge on any atom is 0.351 e. The summed E-state index contributed by atoms with van der Waals surface area (Å²) in [6.07, 6.45) is -3.46. The van der Waals surface area contributed by atoms with Gasteiger partial charge in [0, 0.05) is 19.5 Å². The van der Waals surface area contributed by atoms with Gasteiger partial charge in [0.2, 0.25) is 0 Å². The molecule has 2 rings (SSSR count). The third-order valence-corrected chi connectivity index (χ3v) is 3.81. The summed E-state index contributed by atoms with van der Waals surface area (Å²) in [6, 6.07) is 0. The van der Waals surface area contributed by atoms with E-state index in [2.05, 4.69) is 4.98 Å². The molecule has 0 bridgehead atoms. The number of nitrogens with zero attached hydrogens (tertiary/aromatic N) is 2. The Morgan fingerprint density at radius 3 is 2.80 bits per heavy atom. The van der Waals surface area contributed by atoms with Crippen molar-refractivity contribution in [1.82, 2.24) is 9.55 Å². The molecule has 138 valence electrons. The second-order valence-corrected chi connectivity index (χ2v) is 5.74. The number of anilines is 1. The number of aliphatic hydroxyl groups is 1. The zero-order chi connectivity index (χ0) is 18.7. The van der Waals surface area contributed by atoms with E-state index in [1.807, 2.05) is 0 Å². The van der Waals surface area contributed by atoms with Gasteiger partial charge in [-0.2, -0.15) is 4.98 Å². The Morgan fingerprint density at radius 1 is 1.52 bits per heavy atom. The van der Waals surface area contributed by atoms with Gasteiger partial charge in [-0.15, -0.1) is 0 Å². The highest BCUT2D eigenvalue weighted by molar-refractivity contribution is 6.32. The second kappa shape index (κ2) is 7.81. The van der Waals surface area contributed by atoms with Crippen LogP contribution in [0.3, 0.4) is 0 Å². The van der Waals surface area contributed by atoms with Crippen molar-refractivity contribution < 1.29 is 28.9 Å². The van der Waals surface area contributed by atoms with Crippen molar-refractivity contribution in [3.05, 3.63) is 21.7 Å². The van der Waals surface area contributed by atoms with Crippen molar-refractivity contribution in [2.24, 2.45) is 0 Å². The lowest BCUT2D eigenvalue weighted by molar-refractivity contribution is -0.158. The molecule has 1 fully saturated rings. The number of aromatic nitrogens is 2. The molecule has 0 unspecified atom stereocenters. The van der Waals surface area contributed by atoms with E-state index in [1.165, 1.54) is 0 Å². The largest absolute Gasteiger partial charge is 0.463 e. The first kappa shape index (κ1) is 19.2. The van der Waals surface area contributed by atoms with Gasteiger partial charge in [0.15, 0.2) is 12.3 Å². The minimum absolute atomic E-state index is 0.0136. The van der Waals surface area contributed by atoms with Crippen LogP contribution in [0, 0.1) is 0 Å². The van der Waals surface area contributed by atoms with Gasteiger partial charge in [-0.1, -0.05) is 18.5 Å². The van der Waals surface area contributed by atoms with Crippen molar-refractivity contribution in [3.8, 4) is 0 Å². The predicted octanol–water partition coefficient (Wildman–Crippen LogP) is -0.378. The maximum absolute atomic E-state index is 12.0. The van der Waals surface area contributed by atoms with Gasteiger partial charge in [-0.3, -0.25) is 14.2 Å². The van der Waals surface area contributed by atoms with Crippen LogP contribution in [0.5, 0.6) is 0 Å². The van der Waals surface area contributed by atoms with Crippen LogP contribution in [0.15, 0.2) is 11.0 Å². The number of nitrogens with two attached hydrogens (primary N) is 1. The standard InChI is InChI=1S/C14H18ClN3O7/c1-3-9(20)23-5-8-11(24-6(2)19)10(21)13(25-8)18-4-7(15)12(16)17-14(18)22/h4,8,10-11,13,21H,3,5H2,1-2H3,(H2,16,17,22)/t8-,10+,11-,13-/m1/s1. The molecule has 11 heteroatoms. The lowest BCUT2D eigenvalue weighted by Crippen LogP contribution is -2.39. The highest BCUT2D eigenvalue weighted by Crippen LogP contribution is 2.31. The van der Waals surface area contributed by atoms with Crippen molar-refractivity contribution in [1.29, 1.82) is 0 Å². The number of carbonyl (C=O) groups is 2.